The summed E-state index contributed by atoms with van der Waals surface area (Å²) < 4.78 is 38.1. The van der Waals surface area contributed by atoms with Crippen molar-refractivity contribution in [3.63, 3.8) is 0 Å². The van der Waals surface area contributed by atoms with Gasteiger partial charge < -0.3 is 11.1 Å². The molecule has 0 aliphatic carbocycles. The Morgan fingerprint density at radius 1 is 1.38 bits per heavy atom. The highest BCUT2D eigenvalue weighted by Crippen LogP contribution is 2.35. The highest BCUT2D eigenvalue weighted by molar-refractivity contribution is 5.92. The third-order valence-electron chi connectivity index (χ3n) is 2.95. The van der Waals surface area contributed by atoms with Gasteiger partial charge in [-0.3, -0.25) is 9.69 Å². The van der Waals surface area contributed by atoms with Crippen LogP contribution in [0.2, 0.25) is 0 Å². The average Bonchev–Trinajstić information content (AvgIpc) is 2.37. The molecule has 118 valence electrons. The Kier molecular flexibility index (Phi) is 6.02. The molecule has 0 saturated carbocycles. The van der Waals surface area contributed by atoms with Crippen LogP contribution in [0.5, 0.6) is 0 Å². The maximum absolute atomic E-state index is 12.7. The average molecular weight is 303 g/mol. The first kappa shape index (κ1) is 17.3. The van der Waals surface area contributed by atoms with Gasteiger partial charge >= 0.3 is 6.18 Å². The topological polar surface area (TPSA) is 58.4 Å². The molecule has 0 fully saturated rings. The molecule has 0 atom stereocenters. The van der Waals surface area contributed by atoms with E-state index in [2.05, 4.69) is 5.32 Å². The minimum atomic E-state index is -4.54. The number of benzene rings is 1. The minimum Gasteiger partial charge on any atom is -0.398 e. The number of nitrogens with zero attached hydrogens (tertiary/aromatic N) is 1. The predicted octanol–water partition coefficient (Wildman–Crippen LogP) is 2.96. The molecule has 0 spiro atoms. The number of carbonyl (C=O) groups is 1. The molecule has 0 saturated heterocycles. The molecule has 0 heterocycles. The number of nitrogen functional groups attached to an aromatic ring is 1. The van der Waals surface area contributed by atoms with Crippen LogP contribution >= 0.6 is 0 Å². The lowest BCUT2D eigenvalue weighted by molar-refractivity contribution is -0.136. The summed E-state index contributed by atoms with van der Waals surface area (Å²) in [5.74, 6) is -0.355. The van der Waals surface area contributed by atoms with Crippen LogP contribution in [0.25, 0.3) is 0 Å². The summed E-state index contributed by atoms with van der Waals surface area (Å²) in [4.78, 5) is 13.6. The maximum atomic E-state index is 12.7. The first-order chi connectivity index (χ1) is 9.74. The van der Waals surface area contributed by atoms with Crippen molar-refractivity contribution >= 4 is 17.3 Å². The van der Waals surface area contributed by atoms with Crippen LogP contribution in [-0.2, 0) is 11.0 Å². The van der Waals surface area contributed by atoms with Crippen LogP contribution in [0, 0.1) is 0 Å². The van der Waals surface area contributed by atoms with Gasteiger partial charge in [0.05, 0.1) is 12.1 Å². The molecule has 1 aromatic rings. The van der Waals surface area contributed by atoms with Gasteiger partial charge in [-0.2, -0.15) is 13.2 Å². The number of nitrogens with one attached hydrogen (secondary N) is 1. The second-order valence-corrected chi connectivity index (χ2v) is 4.94. The smallest absolute Gasteiger partial charge is 0.398 e. The monoisotopic (exact) mass is 303 g/mol. The predicted molar refractivity (Wildman–Crippen MR) is 76.9 cm³/mol. The first-order valence-corrected chi connectivity index (χ1v) is 6.69. The summed E-state index contributed by atoms with van der Waals surface area (Å²) in [6.45, 7) is 2.94. The second-order valence-electron chi connectivity index (χ2n) is 4.94. The molecule has 0 aromatic heterocycles. The summed E-state index contributed by atoms with van der Waals surface area (Å²) >= 11 is 0. The number of nitrogens with two attached hydrogens (primary N) is 1. The van der Waals surface area contributed by atoms with Crippen LogP contribution < -0.4 is 11.1 Å². The van der Waals surface area contributed by atoms with Crippen molar-refractivity contribution < 1.29 is 18.0 Å². The number of hydrogen-bond acceptors (Lipinski definition) is 3. The molecule has 4 nitrogen and oxygen atoms in total. The Labute approximate surface area is 122 Å². The van der Waals surface area contributed by atoms with Crippen molar-refractivity contribution in [1.29, 1.82) is 0 Å². The number of hydrogen-bond donors (Lipinski definition) is 2. The summed E-state index contributed by atoms with van der Waals surface area (Å²) in [5, 5.41) is 2.45. The van der Waals surface area contributed by atoms with E-state index in [0.29, 0.717) is 0 Å². The van der Waals surface area contributed by atoms with Crippen LogP contribution in [0.15, 0.2) is 18.2 Å². The normalized spacial score (nSPS) is 11.7. The van der Waals surface area contributed by atoms with Crippen molar-refractivity contribution in [2.75, 3.05) is 31.2 Å². The van der Waals surface area contributed by atoms with Crippen LogP contribution in [0.4, 0.5) is 24.5 Å². The van der Waals surface area contributed by atoms with Crippen molar-refractivity contribution in [3.05, 3.63) is 23.8 Å². The number of likely N-dealkylation sites (N-methyl/N-ethyl adjacent to an activating group) is 1. The Hall–Kier alpha value is -1.76. The van der Waals surface area contributed by atoms with E-state index in [9.17, 15) is 18.0 Å². The Balaban J connectivity index is 2.69. The van der Waals surface area contributed by atoms with E-state index in [0.717, 1.165) is 31.5 Å². The van der Waals surface area contributed by atoms with Crippen molar-refractivity contribution in [2.45, 2.75) is 25.9 Å². The number of halogens is 3. The summed E-state index contributed by atoms with van der Waals surface area (Å²) in [5.41, 5.74) is 4.08. The highest BCUT2D eigenvalue weighted by atomic mass is 19.4. The number of anilines is 2. The lowest BCUT2D eigenvalue weighted by atomic mass is 10.1. The van der Waals surface area contributed by atoms with Gasteiger partial charge in [-0.1, -0.05) is 13.3 Å². The fraction of sp³-hybridized carbons (Fsp3) is 0.500. The molecule has 21 heavy (non-hydrogen) atoms. The van der Waals surface area contributed by atoms with Gasteiger partial charge in [0.2, 0.25) is 5.91 Å². The third-order valence-corrected chi connectivity index (χ3v) is 2.95. The standard InChI is InChI=1S/C14H20F3N3O/c1-3-4-7-20(2)9-13(21)19-10-5-6-12(18)11(8-10)14(15,16)17/h5-6,8H,3-4,7,9,18H2,1-2H3,(H,19,21). The second kappa shape index (κ2) is 7.31. The van der Waals surface area contributed by atoms with Gasteiger partial charge in [-0.05, 0) is 38.2 Å². The Bertz CT molecular complexity index is 489. The number of carbonyl (C=O) groups excluding carboxylic acids is 1. The molecule has 1 amide bonds. The van der Waals surface area contributed by atoms with E-state index in [4.69, 9.17) is 5.73 Å². The molecule has 0 radical (unpaired) electrons. The summed E-state index contributed by atoms with van der Waals surface area (Å²) in [6, 6.07) is 3.34. The molecular weight excluding hydrogens is 283 g/mol. The van der Waals surface area contributed by atoms with Gasteiger partial charge in [-0.25, -0.2) is 0 Å². The molecule has 1 aromatic carbocycles. The molecule has 7 heteroatoms. The summed E-state index contributed by atoms with van der Waals surface area (Å²) in [6.07, 6.45) is -2.56. The molecule has 3 N–H and O–H groups in total. The van der Waals surface area contributed by atoms with Crippen LogP contribution in [0.1, 0.15) is 25.3 Å². The minimum absolute atomic E-state index is 0.0883. The zero-order valence-electron chi connectivity index (χ0n) is 12.1. The summed E-state index contributed by atoms with van der Waals surface area (Å²) in [7, 11) is 1.79. The fourth-order valence-electron chi connectivity index (χ4n) is 1.83. The zero-order valence-corrected chi connectivity index (χ0v) is 12.1. The van der Waals surface area contributed by atoms with Crippen molar-refractivity contribution in [2.24, 2.45) is 0 Å². The zero-order chi connectivity index (χ0) is 16.0. The van der Waals surface area contributed by atoms with Gasteiger partial charge in [0.15, 0.2) is 0 Å². The van der Waals surface area contributed by atoms with E-state index < -0.39 is 11.7 Å². The van der Waals surface area contributed by atoms with Crippen molar-refractivity contribution in [3.8, 4) is 0 Å². The number of alkyl halides is 3. The lowest BCUT2D eigenvalue weighted by Gasteiger charge is -2.16. The lowest BCUT2D eigenvalue weighted by Crippen LogP contribution is -2.31. The fourth-order valence-corrected chi connectivity index (χ4v) is 1.83. The third kappa shape index (κ3) is 5.63. The SMILES string of the molecule is CCCCN(C)CC(=O)Nc1ccc(N)c(C(F)(F)F)c1. The molecule has 0 aliphatic heterocycles. The van der Waals surface area contributed by atoms with Crippen LogP contribution in [-0.4, -0.2) is 30.9 Å². The molecule has 0 aliphatic rings. The largest absolute Gasteiger partial charge is 0.418 e. The number of unbranched alkanes of at least 4 members (excludes halogenated alkanes) is 1. The number of rotatable bonds is 6. The van der Waals surface area contributed by atoms with E-state index >= 15 is 0 Å². The maximum Gasteiger partial charge on any atom is 0.418 e. The van der Waals surface area contributed by atoms with E-state index in [1.54, 1.807) is 7.05 Å². The molecule has 1 rings (SSSR count). The molecular formula is C14H20F3N3O. The van der Waals surface area contributed by atoms with Crippen molar-refractivity contribution in [1.82, 2.24) is 4.90 Å². The van der Waals surface area contributed by atoms with Gasteiger partial charge in [0, 0.05) is 11.4 Å². The highest BCUT2D eigenvalue weighted by Gasteiger charge is 2.33. The van der Waals surface area contributed by atoms with E-state index in [1.165, 1.54) is 6.07 Å². The van der Waals surface area contributed by atoms with Gasteiger partial charge in [0.1, 0.15) is 0 Å². The van der Waals surface area contributed by atoms with Crippen LogP contribution in [0.3, 0.4) is 0 Å². The molecule has 0 bridgehead atoms. The van der Waals surface area contributed by atoms with E-state index in [1.807, 2.05) is 11.8 Å². The molecule has 0 unspecified atom stereocenters. The number of amides is 1. The quantitative estimate of drug-likeness (QED) is 0.794. The van der Waals surface area contributed by atoms with Gasteiger partial charge in [-0.15, -0.1) is 0 Å². The van der Waals surface area contributed by atoms with E-state index in [-0.39, 0.29) is 23.8 Å². The van der Waals surface area contributed by atoms with Gasteiger partial charge in [0.25, 0.3) is 0 Å². The first-order valence-electron chi connectivity index (χ1n) is 6.69. The Morgan fingerprint density at radius 3 is 2.62 bits per heavy atom. The Morgan fingerprint density at radius 2 is 2.05 bits per heavy atom.